The molecular weight excluding hydrogens is 402 g/mol. The van der Waals surface area contributed by atoms with Gasteiger partial charge >= 0.3 is 5.16 Å². The molecule has 0 fully saturated rings. The molecule has 0 radical (unpaired) electrons. The van der Waals surface area contributed by atoms with Gasteiger partial charge in [-0.25, -0.2) is 9.99 Å². The normalized spacial score (nSPS) is 11.1. The maximum atomic E-state index is 11.9. The van der Waals surface area contributed by atoms with Crippen LogP contribution in [-0.4, -0.2) is 33.2 Å². The third-order valence-electron chi connectivity index (χ3n) is 3.70. The summed E-state index contributed by atoms with van der Waals surface area (Å²) < 4.78 is 1.83. The molecule has 0 aliphatic heterocycles. The molecule has 0 spiro atoms. The van der Waals surface area contributed by atoms with Crippen molar-refractivity contribution >= 4 is 35.5 Å². The number of aromatic nitrogens is 3. The van der Waals surface area contributed by atoms with Gasteiger partial charge in [-0.1, -0.05) is 29.5 Å². The first-order chi connectivity index (χ1) is 13.4. The Balaban J connectivity index is 1.57. The summed E-state index contributed by atoms with van der Waals surface area (Å²) in [6, 6.07) is 11.2. The summed E-state index contributed by atoms with van der Waals surface area (Å²) in [5.74, 6) is -0.000223. The summed E-state index contributed by atoms with van der Waals surface area (Å²) in [4.78, 5) is 11.9. The Labute approximate surface area is 169 Å². The van der Waals surface area contributed by atoms with Crippen LogP contribution in [0.4, 0.5) is 0 Å². The first-order valence-electron chi connectivity index (χ1n) is 8.09. The number of carbonyl (C=O) groups is 1. The number of halogens is 1. The topological polar surface area (TPSA) is 117 Å². The number of aromatic amines is 1. The van der Waals surface area contributed by atoms with Crippen LogP contribution in [0.2, 0.25) is 5.02 Å². The van der Waals surface area contributed by atoms with Gasteiger partial charge in [0, 0.05) is 5.02 Å². The molecule has 1 heterocycles. The van der Waals surface area contributed by atoms with Crippen LogP contribution in [0, 0.1) is 0 Å². The van der Waals surface area contributed by atoms with Crippen LogP contribution in [0.5, 0.6) is 11.5 Å². The van der Waals surface area contributed by atoms with E-state index in [2.05, 4.69) is 20.7 Å². The zero-order valence-electron chi connectivity index (χ0n) is 14.7. The standard InChI is InChI=1S/C18H16ClN5O3S/c1-24-17(11-3-2-4-13(19)7-11)22-23-18(24)28-10-16(27)21-20-9-12-5-6-14(25)8-15(12)26/h2-9H,10H2,1H3,(H3,20,21,25,26,27). The van der Waals surface area contributed by atoms with Gasteiger partial charge in [0.2, 0.25) is 0 Å². The number of phenols is 1. The number of thioether (sulfide) groups is 1. The third kappa shape index (κ3) is 4.81. The fourth-order valence-electron chi connectivity index (χ4n) is 2.34. The van der Waals surface area contributed by atoms with Crippen molar-refractivity contribution in [2.75, 3.05) is 5.75 Å². The lowest BCUT2D eigenvalue weighted by Crippen LogP contribution is -2.32. The molecule has 144 valence electrons. The Morgan fingerprint density at radius 1 is 1.43 bits per heavy atom. The highest BCUT2D eigenvalue weighted by Crippen LogP contribution is 2.20. The molecule has 28 heavy (non-hydrogen) atoms. The molecule has 2 aromatic carbocycles. The number of benzene rings is 2. The molecule has 0 atom stereocenters. The number of amides is 1. The van der Waals surface area contributed by atoms with Crippen LogP contribution in [0.15, 0.2) is 52.7 Å². The zero-order chi connectivity index (χ0) is 20.1. The molecule has 3 N–H and O–H groups in total. The first kappa shape index (κ1) is 19.7. The lowest BCUT2D eigenvalue weighted by molar-refractivity contribution is -0.698. The average molecular weight is 418 g/mol. The number of hydrazone groups is 1. The molecule has 0 saturated heterocycles. The molecule has 3 rings (SSSR count). The molecule has 0 aliphatic carbocycles. The quantitative estimate of drug-likeness (QED) is 0.243. The second-order valence-electron chi connectivity index (χ2n) is 5.73. The number of rotatable bonds is 6. The Bertz CT molecular complexity index is 1040. The van der Waals surface area contributed by atoms with Gasteiger partial charge in [-0.3, -0.25) is 4.79 Å². The van der Waals surface area contributed by atoms with Crippen LogP contribution in [0.1, 0.15) is 5.56 Å². The third-order valence-corrected chi connectivity index (χ3v) is 4.97. The number of hydrogen-bond donors (Lipinski definition) is 3. The summed E-state index contributed by atoms with van der Waals surface area (Å²) in [6.45, 7) is 0. The van der Waals surface area contributed by atoms with E-state index >= 15 is 0 Å². The van der Waals surface area contributed by atoms with Gasteiger partial charge in [-0.05, 0) is 47.7 Å². The first-order valence-corrected chi connectivity index (χ1v) is 9.45. The van der Waals surface area contributed by atoms with Crippen molar-refractivity contribution in [3.8, 4) is 22.9 Å². The predicted molar refractivity (Wildman–Crippen MR) is 104 cm³/mol. The van der Waals surface area contributed by atoms with E-state index in [0.717, 1.165) is 17.5 Å². The molecule has 0 saturated carbocycles. The minimum absolute atomic E-state index is 0.0881. The summed E-state index contributed by atoms with van der Waals surface area (Å²) in [6.07, 6.45) is 1.23. The van der Waals surface area contributed by atoms with Gasteiger partial charge in [0.05, 0.1) is 29.7 Å². The monoisotopic (exact) mass is 417 g/mol. The van der Waals surface area contributed by atoms with E-state index in [1.165, 1.54) is 30.1 Å². The maximum absolute atomic E-state index is 11.9. The molecular formula is C18H16ClN5O3S. The minimum Gasteiger partial charge on any atom is -0.872 e. The van der Waals surface area contributed by atoms with Crippen molar-refractivity contribution in [3.63, 3.8) is 0 Å². The minimum atomic E-state index is -0.385. The Hall–Kier alpha value is -3.04. The Morgan fingerprint density at radius 3 is 3.00 bits per heavy atom. The lowest BCUT2D eigenvalue weighted by Gasteiger charge is -2.09. The molecule has 8 nitrogen and oxygen atoms in total. The number of phenolic OH excluding ortho intramolecular Hbond substituents is 1. The van der Waals surface area contributed by atoms with Crippen molar-refractivity contribution in [1.29, 1.82) is 0 Å². The molecule has 0 aliphatic rings. The zero-order valence-corrected chi connectivity index (χ0v) is 16.3. The van der Waals surface area contributed by atoms with E-state index in [4.69, 9.17) is 11.6 Å². The van der Waals surface area contributed by atoms with Crippen molar-refractivity contribution in [2.24, 2.45) is 12.1 Å². The number of aromatic hydroxyl groups is 1. The molecule has 0 unspecified atom stereocenters. The number of H-pyrrole nitrogens is 1. The van der Waals surface area contributed by atoms with Crippen LogP contribution < -0.4 is 15.1 Å². The van der Waals surface area contributed by atoms with Gasteiger partial charge in [0.1, 0.15) is 5.75 Å². The van der Waals surface area contributed by atoms with E-state index in [0.29, 0.717) is 10.2 Å². The van der Waals surface area contributed by atoms with Gasteiger partial charge in [-0.2, -0.15) is 5.10 Å². The Morgan fingerprint density at radius 2 is 2.25 bits per heavy atom. The van der Waals surface area contributed by atoms with Gasteiger partial charge in [-0.15, -0.1) is 5.10 Å². The van der Waals surface area contributed by atoms with E-state index in [-0.39, 0.29) is 28.7 Å². The van der Waals surface area contributed by atoms with Gasteiger partial charge in [0.25, 0.3) is 11.7 Å². The van der Waals surface area contributed by atoms with Crippen LogP contribution in [0.25, 0.3) is 11.4 Å². The molecule has 0 bridgehead atoms. The molecule has 1 aromatic heterocycles. The average Bonchev–Trinajstić information content (AvgIpc) is 3.02. The number of hydrogen-bond acceptors (Lipinski definition) is 6. The second-order valence-corrected chi connectivity index (χ2v) is 7.11. The summed E-state index contributed by atoms with van der Waals surface area (Å²) >= 11 is 7.25. The van der Waals surface area contributed by atoms with E-state index in [1.807, 2.05) is 29.8 Å². The summed E-state index contributed by atoms with van der Waals surface area (Å²) in [5, 5.41) is 33.0. The highest BCUT2D eigenvalue weighted by molar-refractivity contribution is 7.99. The summed E-state index contributed by atoms with van der Waals surface area (Å²) in [5.41, 5.74) is 3.49. The number of carbonyl (C=O) groups excluding carboxylic acids is 1. The molecule has 10 heteroatoms. The van der Waals surface area contributed by atoms with Crippen LogP contribution in [0.3, 0.4) is 0 Å². The fourth-order valence-corrected chi connectivity index (χ4v) is 3.25. The van der Waals surface area contributed by atoms with E-state index in [1.54, 1.807) is 6.07 Å². The van der Waals surface area contributed by atoms with Crippen LogP contribution in [-0.2, 0) is 11.8 Å². The highest BCUT2D eigenvalue weighted by atomic mass is 35.5. The lowest BCUT2D eigenvalue weighted by atomic mass is 10.2. The largest absolute Gasteiger partial charge is 0.872 e. The van der Waals surface area contributed by atoms with Crippen LogP contribution >= 0.6 is 23.4 Å². The molecule has 1 amide bonds. The fraction of sp³-hybridized carbons (Fsp3) is 0.111. The Kier molecular flexibility index (Phi) is 6.17. The van der Waals surface area contributed by atoms with E-state index in [9.17, 15) is 15.0 Å². The van der Waals surface area contributed by atoms with Crippen molar-refractivity contribution in [1.82, 2.24) is 15.6 Å². The number of nitrogens with zero attached hydrogens (tertiary/aromatic N) is 3. The SMILES string of the molecule is C[n+]1c(SCC(=O)N/N=C/c2ccc(O)cc2[O-])n[nH]c1-c1cccc(Cl)c1. The smallest absolute Gasteiger partial charge is 0.337 e. The van der Waals surface area contributed by atoms with Crippen molar-refractivity contribution in [3.05, 3.63) is 53.1 Å². The van der Waals surface area contributed by atoms with Gasteiger partial charge < -0.3 is 10.2 Å². The molecule has 3 aromatic rings. The summed E-state index contributed by atoms with van der Waals surface area (Å²) in [7, 11) is 1.83. The maximum Gasteiger partial charge on any atom is 0.337 e. The van der Waals surface area contributed by atoms with Crippen molar-refractivity contribution < 1.29 is 19.6 Å². The van der Waals surface area contributed by atoms with Crippen molar-refractivity contribution in [2.45, 2.75) is 5.16 Å². The van der Waals surface area contributed by atoms with E-state index < -0.39 is 0 Å². The second kappa shape index (κ2) is 8.77. The van der Waals surface area contributed by atoms with Gasteiger partial charge in [0.15, 0.2) is 0 Å². The highest BCUT2D eigenvalue weighted by Gasteiger charge is 2.20. The predicted octanol–water partition coefficient (Wildman–Crippen LogP) is 1.58. The number of nitrogens with one attached hydrogen (secondary N) is 2.